The second-order valence-corrected chi connectivity index (χ2v) is 3.89. The molecular formula is C13H21N3. The molecule has 2 N–H and O–H groups in total. The van der Waals surface area contributed by atoms with Gasteiger partial charge in [0.15, 0.2) is 0 Å². The van der Waals surface area contributed by atoms with Crippen molar-refractivity contribution < 1.29 is 0 Å². The summed E-state index contributed by atoms with van der Waals surface area (Å²) in [6.45, 7) is 5.45. The van der Waals surface area contributed by atoms with Crippen LogP contribution in [0.3, 0.4) is 0 Å². The van der Waals surface area contributed by atoms with Crippen molar-refractivity contribution in [3.05, 3.63) is 36.4 Å². The Kier molecular flexibility index (Phi) is 6.26. The third kappa shape index (κ3) is 5.51. The summed E-state index contributed by atoms with van der Waals surface area (Å²) in [5.41, 5.74) is 1.03. The van der Waals surface area contributed by atoms with E-state index >= 15 is 0 Å². The van der Waals surface area contributed by atoms with E-state index < -0.39 is 0 Å². The number of imidazole rings is 1. The van der Waals surface area contributed by atoms with E-state index in [1.54, 1.807) is 12.5 Å². The fourth-order valence-electron chi connectivity index (χ4n) is 1.49. The van der Waals surface area contributed by atoms with Crippen LogP contribution in [0.5, 0.6) is 0 Å². The Morgan fingerprint density at radius 2 is 2.31 bits per heavy atom. The average Bonchev–Trinajstić information content (AvgIpc) is 2.92. The molecule has 1 saturated heterocycles. The molecular weight excluding hydrogens is 198 g/mol. The van der Waals surface area contributed by atoms with Gasteiger partial charge in [-0.3, -0.25) is 0 Å². The number of hydrogen-bond acceptors (Lipinski definition) is 2. The molecule has 3 nitrogen and oxygen atoms in total. The van der Waals surface area contributed by atoms with Crippen LogP contribution in [0.2, 0.25) is 0 Å². The number of allylic oxidation sites excluding steroid dienone is 3. The lowest BCUT2D eigenvalue weighted by atomic mass is 10.3. The lowest BCUT2D eigenvalue weighted by molar-refractivity contribution is 0.664. The maximum atomic E-state index is 3.87. The second kappa shape index (κ2) is 7.88. The van der Waals surface area contributed by atoms with Crippen LogP contribution < -0.4 is 5.32 Å². The van der Waals surface area contributed by atoms with Gasteiger partial charge in [-0.15, -0.1) is 0 Å². The lowest BCUT2D eigenvalue weighted by Gasteiger charge is -1.95. The maximum absolute atomic E-state index is 3.87. The molecule has 0 aromatic carbocycles. The van der Waals surface area contributed by atoms with Gasteiger partial charge < -0.3 is 10.3 Å². The Labute approximate surface area is 97.7 Å². The summed E-state index contributed by atoms with van der Waals surface area (Å²) in [6, 6.07) is 0.796. The standard InChI is InChI=1S/C8H10N2.C5H11N/c1-2-3-4-5-8-6-9-7-10-8;1-5-3-2-4-6-5/h2-7H,1H3,(H,9,10);5-6H,2-4H2,1H3/b3-2-,5-4-;/t;5-/m.1/s1. The normalized spacial score (nSPS) is 20.2. The SMILES string of the molecule is C/C=C\C=C/c1cnc[nH]1.C[C@@H]1CCCN1. The molecule has 0 saturated carbocycles. The monoisotopic (exact) mass is 219 g/mol. The van der Waals surface area contributed by atoms with Crippen LogP contribution in [-0.2, 0) is 0 Å². The first kappa shape index (κ1) is 12.7. The van der Waals surface area contributed by atoms with Crippen LogP contribution in [0.25, 0.3) is 6.08 Å². The Bertz CT molecular complexity index is 306. The highest BCUT2D eigenvalue weighted by Gasteiger charge is 2.05. The number of nitrogens with zero attached hydrogens (tertiary/aromatic N) is 1. The molecule has 0 bridgehead atoms. The molecule has 88 valence electrons. The first-order chi connectivity index (χ1) is 7.83. The Morgan fingerprint density at radius 1 is 1.44 bits per heavy atom. The molecule has 1 aromatic rings. The Balaban J connectivity index is 0.000000181. The number of nitrogens with one attached hydrogen (secondary N) is 2. The van der Waals surface area contributed by atoms with Gasteiger partial charge in [0.05, 0.1) is 18.2 Å². The smallest absolute Gasteiger partial charge is 0.0924 e. The highest BCUT2D eigenvalue weighted by molar-refractivity contribution is 5.45. The largest absolute Gasteiger partial charge is 0.345 e. The topological polar surface area (TPSA) is 40.7 Å². The summed E-state index contributed by atoms with van der Waals surface area (Å²) in [5, 5.41) is 3.32. The van der Waals surface area contributed by atoms with Gasteiger partial charge >= 0.3 is 0 Å². The third-order valence-electron chi connectivity index (χ3n) is 2.41. The first-order valence-corrected chi connectivity index (χ1v) is 5.84. The van der Waals surface area contributed by atoms with Crippen molar-refractivity contribution in [2.24, 2.45) is 0 Å². The molecule has 3 heteroatoms. The first-order valence-electron chi connectivity index (χ1n) is 5.84. The van der Waals surface area contributed by atoms with Crippen molar-refractivity contribution in [1.82, 2.24) is 15.3 Å². The Morgan fingerprint density at radius 3 is 2.75 bits per heavy atom. The van der Waals surface area contributed by atoms with Gasteiger partial charge in [0.1, 0.15) is 0 Å². The predicted octanol–water partition coefficient (Wildman–Crippen LogP) is 2.76. The van der Waals surface area contributed by atoms with E-state index in [2.05, 4.69) is 22.2 Å². The van der Waals surface area contributed by atoms with Crippen molar-refractivity contribution in [2.45, 2.75) is 32.7 Å². The molecule has 2 heterocycles. The summed E-state index contributed by atoms with van der Waals surface area (Å²) >= 11 is 0. The van der Waals surface area contributed by atoms with E-state index in [9.17, 15) is 0 Å². The minimum absolute atomic E-state index is 0.796. The molecule has 0 unspecified atom stereocenters. The maximum Gasteiger partial charge on any atom is 0.0924 e. The highest BCUT2D eigenvalue weighted by Crippen LogP contribution is 2.01. The van der Waals surface area contributed by atoms with Crippen LogP contribution in [0.1, 0.15) is 32.4 Å². The van der Waals surface area contributed by atoms with Gasteiger partial charge in [-0.25, -0.2) is 4.98 Å². The van der Waals surface area contributed by atoms with E-state index in [0.29, 0.717) is 0 Å². The van der Waals surface area contributed by atoms with Gasteiger partial charge in [-0.1, -0.05) is 18.2 Å². The van der Waals surface area contributed by atoms with E-state index in [0.717, 1.165) is 11.7 Å². The van der Waals surface area contributed by atoms with Gasteiger partial charge in [0.2, 0.25) is 0 Å². The minimum Gasteiger partial charge on any atom is -0.345 e. The molecule has 2 rings (SSSR count). The van der Waals surface area contributed by atoms with Gasteiger partial charge in [-0.2, -0.15) is 0 Å². The van der Waals surface area contributed by atoms with Gasteiger partial charge in [0, 0.05) is 6.04 Å². The number of H-pyrrole nitrogens is 1. The van der Waals surface area contributed by atoms with Crippen LogP contribution >= 0.6 is 0 Å². The lowest BCUT2D eigenvalue weighted by Crippen LogP contribution is -2.16. The van der Waals surface area contributed by atoms with E-state index in [-0.39, 0.29) is 0 Å². The highest BCUT2D eigenvalue weighted by atomic mass is 14.9. The molecule has 0 amide bonds. The summed E-state index contributed by atoms with van der Waals surface area (Å²) in [4.78, 5) is 6.83. The van der Waals surface area contributed by atoms with Crippen molar-refractivity contribution in [3.8, 4) is 0 Å². The quantitative estimate of drug-likeness (QED) is 0.751. The average molecular weight is 219 g/mol. The van der Waals surface area contributed by atoms with E-state index in [1.165, 1.54) is 19.4 Å². The Hall–Kier alpha value is -1.35. The van der Waals surface area contributed by atoms with Crippen molar-refractivity contribution in [3.63, 3.8) is 0 Å². The number of rotatable bonds is 2. The summed E-state index contributed by atoms with van der Waals surface area (Å²) in [6.07, 6.45) is 14.1. The molecule has 0 spiro atoms. The van der Waals surface area contributed by atoms with E-state index in [4.69, 9.17) is 0 Å². The number of hydrogen-bond donors (Lipinski definition) is 2. The predicted molar refractivity (Wildman–Crippen MR) is 69.1 cm³/mol. The summed E-state index contributed by atoms with van der Waals surface area (Å²) in [5.74, 6) is 0. The van der Waals surface area contributed by atoms with Crippen molar-refractivity contribution >= 4 is 6.08 Å². The van der Waals surface area contributed by atoms with Crippen LogP contribution in [-0.4, -0.2) is 22.6 Å². The van der Waals surface area contributed by atoms with E-state index in [1.807, 2.05) is 31.2 Å². The number of aromatic nitrogens is 2. The zero-order chi connectivity index (χ0) is 11.6. The molecule has 1 fully saturated rings. The molecule has 1 aliphatic rings. The van der Waals surface area contributed by atoms with Crippen molar-refractivity contribution in [1.29, 1.82) is 0 Å². The van der Waals surface area contributed by atoms with Crippen LogP contribution in [0.4, 0.5) is 0 Å². The summed E-state index contributed by atoms with van der Waals surface area (Å²) in [7, 11) is 0. The van der Waals surface area contributed by atoms with Gasteiger partial charge in [-0.05, 0) is 39.3 Å². The van der Waals surface area contributed by atoms with Gasteiger partial charge in [0.25, 0.3) is 0 Å². The number of aromatic amines is 1. The molecule has 16 heavy (non-hydrogen) atoms. The molecule has 1 aliphatic heterocycles. The minimum atomic E-state index is 0.796. The second-order valence-electron chi connectivity index (χ2n) is 3.89. The van der Waals surface area contributed by atoms with Crippen LogP contribution in [0, 0.1) is 0 Å². The third-order valence-corrected chi connectivity index (χ3v) is 2.41. The molecule has 0 aliphatic carbocycles. The fraction of sp³-hybridized carbons (Fsp3) is 0.462. The molecule has 1 aromatic heterocycles. The molecule has 0 radical (unpaired) electrons. The van der Waals surface area contributed by atoms with Crippen molar-refractivity contribution in [2.75, 3.05) is 6.54 Å². The zero-order valence-electron chi connectivity index (χ0n) is 10.1. The van der Waals surface area contributed by atoms with Crippen LogP contribution in [0.15, 0.2) is 30.8 Å². The fourth-order valence-corrected chi connectivity index (χ4v) is 1.49. The zero-order valence-corrected chi connectivity index (χ0v) is 10.1. The summed E-state index contributed by atoms with van der Waals surface area (Å²) < 4.78 is 0. The molecule has 1 atom stereocenters.